The highest BCUT2D eigenvalue weighted by atomic mass is 35.5. The van der Waals surface area contributed by atoms with Gasteiger partial charge in [-0.3, -0.25) is 0 Å². The highest BCUT2D eigenvalue weighted by Gasteiger charge is 2.17. The molecular weight excluding hydrogens is 382 g/mol. The molecule has 6 nitrogen and oxygen atoms in total. The Labute approximate surface area is 169 Å². The molecule has 0 bridgehead atoms. The Morgan fingerprint density at radius 3 is 2.29 bits per heavy atom. The van der Waals surface area contributed by atoms with E-state index in [1.807, 2.05) is 18.2 Å². The molecule has 1 N–H and O–H groups in total. The Balaban J connectivity index is 2.30. The van der Waals surface area contributed by atoms with E-state index in [4.69, 9.17) is 25.8 Å². The van der Waals surface area contributed by atoms with Crippen LogP contribution in [0.5, 0.6) is 5.75 Å². The summed E-state index contributed by atoms with van der Waals surface area (Å²) in [6, 6.07) is 10.7. The topological polar surface area (TPSA) is 73.9 Å². The zero-order chi connectivity index (χ0) is 20.9. The third-order valence-electron chi connectivity index (χ3n) is 3.81. The van der Waals surface area contributed by atoms with Crippen molar-refractivity contribution in [3.05, 3.63) is 52.5 Å². The number of ether oxygens (including phenoxy) is 3. The highest BCUT2D eigenvalue weighted by Crippen LogP contribution is 2.29. The molecule has 0 aromatic heterocycles. The van der Waals surface area contributed by atoms with Gasteiger partial charge in [-0.2, -0.15) is 0 Å². The van der Waals surface area contributed by atoms with Gasteiger partial charge in [-0.1, -0.05) is 23.7 Å². The Bertz CT molecular complexity index is 874. The summed E-state index contributed by atoms with van der Waals surface area (Å²) in [6.07, 6.45) is -0.514. The van der Waals surface area contributed by atoms with Gasteiger partial charge in [0.05, 0.1) is 24.8 Å². The number of alkyl carbamates (subject to hydrolysis) is 1. The van der Waals surface area contributed by atoms with E-state index in [0.29, 0.717) is 10.8 Å². The van der Waals surface area contributed by atoms with Crippen molar-refractivity contribution < 1.29 is 23.8 Å². The van der Waals surface area contributed by atoms with Gasteiger partial charge in [-0.05, 0) is 56.2 Å². The Kier molecular flexibility index (Phi) is 6.91. The van der Waals surface area contributed by atoms with Crippen LogP contribution in [0.25, 0.3) is 11.1 Å². The SMILES string of the molecule is COC(=O)c1cc(-c2ccc(OC)c(CNC(=O)OC(C)(C)C)c2)ccc1Cl. The minimum atomic E-state index is -0.580. The van der Waals surface area contributed by atoms with Gasteiger partial charge in [0, 0.05) is 12.1 Å². The smallest absolute Gasteiger partial charge is 0.407 e. The molecule has 28 heavy (non-hydrogen) atoms. The van der Waals surface area contributed by atoms with Gasteiger partial charge < -0.3 is 19.5 Å². The van der Waals surface area contributed by atoms with Crippen molar-refractivity contribution in [2.24, 2.45) is 0 Å². The maximum atomic E-state index is 11.9. The molecule has 150 valence electrons. The third kappa shape index (κ3) is 5.63. The number of benzene rings is 2. The zero-order valence-electron chi connectivity index (χ0n) is 16.6. The monoisotopic (exact) mass is 405 g/mol. The van der Waals surface area contributed by atoms with E-state index in [0.717, 1.165) is 16.7 Å². The second-order valence-corrected chi connectivity index (χ2v) is 7.48. The summed E-state index contributed by atoms with van der Waals surface area (Å²) < 4.78 is 15.4. The van der Waals surface area contributed by atoms with E-state index < -0.39 is 17.7 Å². The van der Waals surface area contributed by atoms with Crippen molar-refractivity contribution in [3.63, 3.8) is 0 Å². The van der Waals surface area contributed by atoms with Crippen molar-refractivity contribution in [1.29, 1.82) is 0 Å². The van der Waals surface area contributed by atoms with Crippen LogP contribution in [0.3, 0.4) is 0 Å². The van der Waals surface area contributed by atoms with Gasteiger partial charge in [0.2, 0.25) is 0 Å². The van der Waals surface area contributed by atoms with Crippen molar-refractivity contribution in [1.82, 2.24) is 5.32 Å². The fourth-order valence-corrected chi connectivity index (χ4v) is 2.74. The van der Waals surface area contributed by atoms with Crippen LogP contribution in [-0.2, 0) is 16.0 Å². The summed E-state index contributed by atoms with van der Waals surface area (Å²) in [5.41, 5.74) is 2.09. The number of rotatable bonds is 5. The summed E-state index contributed by atoms with van der Waals surface area (Å²) in [4.78, 5) is 23.8. The molecule has 0 aliphatic carbocycles. The maximum absolute atomic E-state index is 11.9. The van der Waals surface area contributed by atoms with Crippen molar-refractivity contribution in [3.8, 4) is 16.9 Å². The third-order valence-corrected chi connectivity index (χ3v) is 4.14. The van der Waals surface area contributed by atoms with E-state index >= 15 is 0 Å². The second kappa shape index (κ2) is 8.97. The lowest BCUT2D eigenvalue weighted by atomic mass is 10.0. The molecule has 1 amide bonds. The number of carbonyl (C=O) groups is 2. The number of halogens is 1. The first-order valence-electron chi connectivity index (χ1n) is 8.66. The molecule has 0 aliphatic rings. The van der Waals surface area contributed by atoms with E-state index in [-0.39, 0.29) is 12.1 Å². The molecule has 0 saturated carbocycles. The molecule has 7 heteroatoms. The van der Waals surface area contributed by atoms with Crippen LogP contribution >= 0.6 is 11.6 Å². The first-order valence-corrected chi connectivity index (χ1v) is 9.04. The number of hydrogen-bond donors (Lipinski definition) is 1. The molecule has 2 aromatic rings. The maximum Gasteiger partial charge on any atom is 0.407 e. The fraction of sp³-hybridized carbons (Fsp3) is 0.333. The summed E-state index contributed by atoms with van der Waals surface area (Å²) in [5.74, 6) is 0.120. The van der Waals surface area contributed by atoms with Crippen molar-refractivity contribution in [2.75, 3.05) is 14.2 Å². The van der Waals surface area contributed by atoms with Crippen LogP contribution in [0, 0.1) is 0 Å². The standard InChI is InChI=1S/C21H24ClNO5/c1-21(2,3)28-20(25)23-12-15-10-13(7-9-18(15)26-4)14-6-8-17(22)16(11-14)19(24)27-5/h6-11H,12H2,1-5H3,(H,23,25). The first kappa shape index (κ1) is 21.6. The summed E-state index contributed by atoms with van der Waals surface area (Å²) in [6.45, 7) is 5.62. The van der Waals surface area contributed by atoms with Gasteiger partial charge >= 0.3 is 12.1 Å². The molecule has 0 heterocycles. The normalized spacial score (nSPS) is 10.9. The Morgan fingerprint density at radius 2 is 1.68 bits per heavy atom. The summed E-state index contributed by atoms with van der Waals surface area (Å²) in [7, 11) is 2.86. The fourth-order valence-electron chi connectivity index (χ4n) is 2.55. The van der Waals surface area contributed by atoms with Crippen LogP contribution < -0.4 is 10.1 Å². The van der Waals surface area contributed by atoms with Gasteiger partial charge in [0.25, 0.3) is 0 Å². The molecule has 0 unspecified atom stereocenters. The molecule has 2 aromatic carbocycles. The lowest BCUT2D eigenvalue weighted by molar-refractivity contribution is 0.0522. The number of methoxy groups -OCH3 is 2. The van der Waals surface area contributed by atoms with Gasteiger partial charge in [0.15, 0.2) is 0 Å². The molecule has 0 saturated heterocycles. The Morgan fingerprint density at radius 1 is 1.04 bits per heavy atom. The van der Waals surface area contributed by atoms with Gasteiger partial charge in [-0.15, -0.1) is 0 Å². The molecule has 0 atom stereocenters. The van der Waals surface area contributed by atoms with Crippen LogP contribution in [0.2, 0.25) is 5.02 Å². The molecular formula is C21H24ClNO5. The average Bonchev–Trinajstić information content (AvgIpc) is 2.64. The quantitative estimate of drug-likeness (QED) is 0.721. The highest BCUT2D eigenvalue weighted by molar-refractivity contribution is 6.33. The minimum Gasteiger partial charge on any atom is -0.496 e. The van der Waals surface area contributed by atoms with Crippen molar-refractivity contribution in [2.45, 2.75) is 32.9 Å². The van der Waals surface area contributed by atoms with Crippen LogP contribution in [0.4, 0.5) is 4.79 Å². The number of esters is 1. The largest absolute Gasteiger partial charge is 0.496 e. The number of amides is 1. The average molecular weight is 406 g/mol. The molecule has 0 aliphatic heterocycles. The Hall–Kier alpha value is -2.73. The number of hydrogen-bond acceptors (Lipinski definition) is 5. The first-order chi connectivity index (χ1) is 13.1. The van der Waals surface area contributed by atoms with Gasteiger partial charge in [0.1, 0.15) is 11.4 Å². The predicted octanol–water partition coefficient (Wildman–Crippen LogP) is 4.83. The number of nitrogens with one attached hydrogen (secondary N) is 1. The van der Waals surface area contributed by atoms with Crippen LogP contribution in [0.15, 0.2) is 36.4 Å². The second-order valence-electron chi connectivity index (χ2n) is 7.07. The molecule has 2 rings (SSSR count). The van der Waals surface area contributed by atoms with E-state index in [2.05, 4.69) is 5.32 Å². The number of carbonyl (C=O) groups excluding carboxylic acids is 2. The molecule has 0 radical (unpaired) electrons. The van der Waals surface area contributed by atoms with E-state index in [9.17, 15) is 9.59 Å². The van der Waals surface area contributed by atoms with Crippen molar-refractivity contribution >= 4 is 23.7 Å². The minimum absolute atomic E-state index is 0.226. The van der Waals surface area contributed by atoms with Crippen LogP contribution in [0.1, 0.15) is 36.7 Å². The lowest BCUT2D eigenvalue weighted by Gasteiger charge is -2.20. The molecule has 0 spiro atoms. The lowest BCUT2D eigenvalue weighted by Crippen LogP contribution is -2.32. The van der Waals surface area contributed by atoms with E-state index in [1.165, 1.54) is 7.11 Å². The summed E-state index contributed by atoms with van der Waals surface area (Å²) >= 11 is 6.09. The zero-order valence-corrected chi connectivity index (χ0v) is 17.3. The summed E-state index contributed by atoms with van der Waals surface area (Å²) in [5, 5.41) is 3.04. The van der Waals surface area contributed by atoms with Gasteiger partial charge in [-0.25, -0.2) is 9.59 Å². The molecule has 0 fully saturated rings. The van der Waals surface area contributed by atoms with E-state index in [1.54, 1.807) is 46.1 Å². The van der Waals surface area contributed by atoms with Crippen LogP contribution in [-0.4, -0.2) is 31.9 Å². The predicted molar refractivity (Wildman–Crippen MR) is 108 cm³/mol.